The minimum absolute atomic E-state index is 0.686. The van der Waals surface area contributed by atoms with Crippen LogP contribution in [-0.4, -0.2) is 9.38 Å². The van der Waals surface area contributed by atoms with Gasteiger partial charge in [0.25, 0.3) is 0 Å². The highest BCUT2D eigenvalue weighted by molar-refractivity contribution is 9.10. The lowest BCUT2D eigenvalue weighted by molar-refractivity contribution is 0.698. The fourth-order valence-corrected chi connectivity index (χ4v) is 4.50. The molecule has 1 saturated carbocycles. The average Bonchev–Trinajstić information content (AvgIpc) is 2.96. The minimum atomic E-state index is 0.686. The molecule has 16 heavy (non-hydrogen) atoms. The van der Waals surface area contributed by atoms with E-state index in [1.807, 2.05) is 0 Å². The van der Waals surface area contributed by atoms with Crippen LogP contribution in [0.3, 0.4) is 0 Å². The van der Waals surface area contributed by atoms with Crippen LogP contribution in [0, 0.1) is 0 Å². The number of halogens is 1. The first kappa shape index (κ1) is 10.8. The van der Waals surface area contributed by atoms with Crippen molar-refractivity contribution >= 4 is 32.2 Å². The summed E-state index contributed by atoms with van der Waals surface area (Å²) in [5.41, 5.74) is 2.66. The predicted molar refractivity (Wildman–Crippen MR) is 71.4 cm³/mol. The molecule has 0 radical (unpaired) electrons. The first-order chi connectivity index (χ1) is 7.81. The summed E-state index contributed by atoms with van der Waals surface area (Å²) in [7, 11) is 0. The second kappa shape index (κ2) is 4.15. The molecule has 86 valence electrons. The van der Waals surface area contributed by atoms with Crippen molar-refractivity contribution in [3.8, 4) is 0 Å². The Labute approximate surface area is 108 Å². The van der Waals surface area contributed by atoms with Crippen molar-refractivity contribution in [2.75, 3.05) is 0 Å². The van der Waals surface area contributed by atoms with E-state index < -0.39 is 0 Å². The smallest absolute Gasteiger partial charge is 0.195 e. The van der Waals surface area contributed by atoms with Crippen molar-refractivity contribution < 1.29 is 0 Å². The van der Waals surface area contributed by atoms with Crippen LogP contribution < -0.4 is 0 Å². The molecule has 0 bridgehead atoms. The summed E-state index contributed by atoms with van der Waals surface area (Å²) in [4.78, 5) is 5.94. The van der Waals surface area contributed by atoms with Crippen molar-refractivity contribution in [3.63, 3.8) is 0 Å². The molecular weight excluding hydrogens is 284 g/mol. The van der Waals surface area contributed by atoms with Gasteiger partial charge in [0.05, 0.1) is 5.69 Å². The number of hydrogen-bond donors (Lipinski definition) is 0. The summed E-state index contributed by atoms with van der Waals surface area (Å²) in [5, 5.41) is 2.21. The first-order valence-corrected chi connectivity index (χ1v) is 7.62. The molecule has 0 saturated heterocycles. The Morgan fingerprint density at radius 2 is 2.25 bits per heavy atom. The highest BCUT2D eigenvalue weighted by Gasteiger charge is 2.24. The van der Waals surface area contributed by atoms with E-state index in [0.717, 1.165) is 11.4 Å². The van der Waals surface area contributed by atoms with Gasteiger partial charge in [-0.15, -0.1) is 11.3 Å². The molecule has 0 atom stereocenters. The molecule has 1 fully saturated rings. The number of nitrogens with zero attached hydrogens (tertiary/aromatic N) is 2. The second-order valence-electron chi connectivity index (χ2n) is 4.47. The Morgan fingerprint density at radius 3 is 2.94 bits per heavy atom. The first-order valence-electron chi connectivity index (χ1n) is 5.95. The van der Waals surface area contributed by atoms with Crippen molar-refractivity contribution in [2.45, 2.75) is 44.9 Å². The number of aryl methyl sites for hydroxylation is 1. The Balaban J connectivity index is 2.12. The minimum Gasteiger partial charge on any atom is -0.281 e. The highest BCUT2D eigenvalue weighted by atomic mass is 79.9. The van der Waals surface area contributed by atoms with E-state index in [9.17, 15) is 0 Å². The molecule has 1 aliphatic carbocycles. The van der Waals surface area contributed by atoms with E-state index in [2.05, 4.69) is 32.6 Å². The van der Waals surface area contributed by atoms with Gasteiger partial charge in [0.2, 0.25) is 0 Å². The van der Waals surface area contributed by atoms with Gasteiger partial charge in [-0.05, 0) is 35.2 Å². The third kappa shape index (κ3) is 1.54. The molecule has 0 unspecified atom stereocenters. The number of hydrogen-bond acceptors (Lipinski definition) is 2. The lowest BCUT2D eigenvalue weighted by atomic mass is 10.1. The fourth-order valence-electron chi connectivity index (χ4n) is 2.60. The van der Waals surface area contributed by atoms with E-state index in [1.165, 1.54) is 41.7 Å². The summed E-state index contributed by atoms with van der Waals surface area (Å²) < 4.78 is 3.48. The third-order valence-corrected chi connectivity index (χ3v) is 5.14. The van der Waals surface area contributed by atoms with E-state index in [1.54, 1.807) is 11.3 Å². The van der Waals surface area contributed by atoms with Crippen LogP contribution in [0.1, 0.15) is 49.9 Å². The van der Waals surface area contributed by atoms with E-state index >= 15 is 0 Å². The van der Waals surface area contributed by atoms with Gasteiger partial charge < -0.3 is 0 Å². The van der Waals surface area contributed by atoms with Crippen molar-refractivity contribution in [3.05, 3.63) is 21.4 Å². The molecule has 2 nitrogen and oxygen atoms in total. The quantitative estimate of drug-likeness (QED) is 0.804. The molecule has 1 aliphatic rings. The van der Waals surface area contributed by atoms with Gasteiger partial charge in [-0.25, -0.2) is 4.98 Å². The van der Waals surface area contributed by atoms with Gasteiger partial charge in [0.15, 0.2) is 4.96 Å². The zero-order valence-corrected chi connectivity index (χ0v) is 11.8. The normalized spacial score (nSPS) is 17.6. The molecule has 0 spiro atoms. The SMILES string of the molecule is CCc1csc2nc(C3CCCC3)c(Br)n12. The Morgan fingerprint density at radius 1 is 1.50 bits per heavy atom. The standard InChI is InChI=1S/C12H15BrN2S/c1-2-9-7-16-12-14-10(11(13)15(9)12)8-5-3-4-6-8/h7-8H,2-6H2,1H3. The van der Waals surface area contributed by atoms with E-state index in [0.29, 0.717) is 5.92 Å². The van der Waals surface area contributed by atoms with E-state index in [4.69, 9.17) is 4.98 Å². The van der Waals surface area contributed by atoms with Crippen LogP contribution in [0.2, 0.25) is 0 Å². The molecule has 3 rings (SSSR count). The maximum Gasteiger partial charge on any atom is 0.195 e. The van der Waals surface area contributed by atoms with Gasteiger partial charge in [0, 0.05) is 17.0 Å². The molecule has 0 aromatic carbocycles. The number of thiazole rings is 1. The molecule has 4 heteroatoms. The molecule has 2 aromatic rings. The maximum absolute atomic E-state index is 4.80. The Kier molecular flexibility index (Phi) is 2.80. The number of aromatic nitrogens is 2. The van der Waals surface area contributed by atoms with Gasteiger partial charge >= 0.3 is 0 Å². The molecule has 0 N–H and O–H groups in total. The van der Waals surface area contributed by atoms with Gasteiger partial charge in [-0.1, -0.05) is 19.8 Å². The van der Waals surface area contributed by atoms with Crippen molar-refractivity contribution in [2.24, 2.45) is 0 Å². The molecule has 2 aromatic heterocycles. The highest BCUT2D eigenvalue weighted by Crippen LogP contribution is 2.38. The summed E-state index contributed by atoms with van der Waals surface area (Å²) in [5.74, 6) is 0.686. The summed E-state index contributed by atoms with van der Waals surface area (Å²) >= 11 is 5.49. The fraction of sp³-hybridized carbons (Fsp3) is 0.583. The van der Waals surface area contributed by atoms with Gasteiger partial charge in [0.1, 0.15) is 4.60 Å². The van der Waals surface area contributed by atoms with Gasteiger partial charge in [-0.3, -0.25) is 4.40 Å². The number of imidazole rings is 1. The largest absolute Gasteiger partial charge is 0.281 e. The van der Waals surface area contributed by atoms with Gasteiger partial charge in [-0.2, -0.15) is 0 Å². The molecular formula is C12H15BrN2S. The maximum atomic E-state index is 4.80. The summed E-state index contributed by atoms with van der Waals surface area (Å²) in [6.45, 7) is 2.20. The molecule has 0 amide bonds. The van der Waals surface area contributed by atoms with Crippen LogP contribution in [-0.2, 0) is 6.42 Å². The van der Waals surface area contributed by atoms with Crippen molar-refractivity contribution in [1.29, 1.82) is 0 Å². The Bertz CT molecular complexity index is 508. The zero-order chi connectivity index (χ0) is 11.1. The Hall–Kier alpha value is -0.350. The van der Waals surface area contributed by atoms with Crippen LogP contribution in [0.5, 0.6) is 0 Å². The van der Waals surface area contributed by atoms with Crippen LogP contribution in [0.4, 0.5) is 0 Å². The van der Waals surface area contributed by atoms with Crippen LogP contribution >= 0.6 is 27.3 Å². The molecule has 0 aliphatic heterocycles. The number of fused-ring (bicyclic) bond motifs is 1. The van der Waals surface area contributed by atoms with Crippen molar-refractivity contribution in [1.82, 2.24) is 9.38 Å². The second-order valence-corrected chi connectivity index (χ2v) is 6.06. The monoisotopic (exact) mass is 298 g/mol. The lowest BCUT2D eigenvalue weighted by Gasteiger charge is -2.05. The predicted octanol–water partition coefficient (Wildman–Crippen LogP) is 4.38. The molecule has 2 heterocycles. The van der Waals surface area contributed by atoms with E-state index in [-0.39, 0.29) is 0 Å². The lowest BCUT2D eigenvalue weighted by Crippen LogP contribution is -1.95. The summed E-state index contributed by atoms with van der Waals surface area (Å²) in [6.07, 6.45) is 6.42. The van der Waals surface area contributed by atoms with Crippen LogP contribution in [0.15, 0.2) is 9.98 Å². The average molecular weight is 299 g/mol. The topological polar surface area (TPSA) is 17.3 Å². The zero-order valence-electron chi connectivity index (χ0n) is 9.37. The third-order valence-electron chi connectivity index (χ3n) is 3.51. The summed E-state index contributed by atoms with van der Waals surface area (Å²) in [6, 6.07) is 0. The number of rotatable bonds is 2. The van der Waals surface area contributed by atoms with Crippen LogP contribution in [0.25, 0.3) is 4.96 Å².